The lowest BCUT2D eigenvalue weighted by molar-refractivity contribution is -0.139. The molecular formula is C13H24N2O2. The molecule has 1 unspecified atom stereocenters. The second-order valence-corrected chi connectivity index (χ2v) is 6.56. The smallest absolute Gasteiger partial charge is 0.305 e. The first kappa shape index (κ1) is 12.8. The minimum atomic E-state index is -0.700. The molecule has 1 saturated carbocycles. The third kappa shape index (κ3) is 3.19. The highest BCUT2D eigenvalue weighted by Crippen LogP contribution is 2.36. The average Bonchev–Trinajstić information content (AvgIpc) is 2.11. The molecule has 2 aliphatic rings. The van der Waals surface area contributed by atoms with Gasteiger partial charge in [0.15, 0.2) is 0 Å². The van der Waals surface area contributed by atoms with Gasteiger partial charge >= 0.3 is 5.97 Å². The highest BCUT2D eigenvalue weighted by atomic mass is 16.4. The lowest BCUT2D eigenvalue weighted by atomic mass is 9.74. The van der Waals surface area contributed by atoms with Crippen LogP contribution in [0.4, 0.5) is 0 Å². The summed E-state index contributed by atoms with van der Waals surface area (Å²) in [5.74, 6) is -0.700. The maximum atomic E-state index is 10.9. The first-order valence-electron chi connectivity index (χ1n) is 6.61. The van der Waals surface area contributed by atoms with Gasteiger partial charge in [0.2, 0.25) is 0 Å². The molecule has 0 aromatic heterocycles. The molecule has 4 nitrogen and oxygen atoms in total. The van der Waals surface area contributed by atoms with Crippen LogP contribution in [-0.2, 0) is 4.79 Å². The quantitative estimate of drug-likeness (QED) is 0.694. The van der Waals surface area contributed by atoms with E-state index in [0.717, 1.165) is 19.5 Å². The largest absolute Gasteiger partial charge is 0.481 e. The van der Waals surface area contributed by atoms with Crippen molar-refractivity contribution in [1.82, 2.24) is 10.6 Å². The Morgan fingerprint density at radius 1 is 1.47 bits per heavy atom. The normalized spacial score (nSPS) is 30.6. The summed E-state index contributed by atoms with van der Waals surface area (Å²) in [7, 11) is 0. The van der Waals surface area contributed by atoms with Crippen LogP contribution >= 0.6 is 0 Å². The summed E-state index contributed by atoms with van der Waals surface area (Å²) in [5.41, 5.74) is 0.210. The van der Waals surface area contributed by atoms with Gasteiger partial charge < -0.3 is 15.7 Å². The van der Waals surface area contributed by atoms with Crippen LogP contribution in [0.5, 0.6) is 0 Å². The van der Waals surface area contributed by atoms with Crippen molar-refractivity contribution < 1.29 is 9.90 Å². The number of rotatable bonds is 4. The van der Waals surface area contributed by atoms with Gasteiger partial charge in [0.05, 0.1) is 12.0 Å². The van der Waals surface area contributed by atoms with Crippen LogP contribution in [0, 0.1) is 5.41 Å². The highest BCUT2D eigenvalue weighted by Gasteiger charge is 2.41. The van der Waals surface area contributed by atoms with E-state index in [9.17, 15) is 4.79 Å². The molecule has 17 heavy (non-hydrogen) atoms. The zero-order chi connectivity index (χ0) is 12.5. The van der Waals surface area contributed by atoms with Crippen LogP contribution in [0.25, 0.3) is 0 Å². The first-order valence-corrected chi connectivity index (χ1v) is 6.61. The molecule has 0 spiro atoms. The topological polar surface area (TPSA) is 61.4 Å². The number of carboxylic acid groups (broad SMARTS) is 1. The predicted molar refractivity (Wildman–Crippen MR) is 67.0 cm³/mol. The summed E-state index contributed by atoms with van der Waals surface area (Å²) in [4.78, 5) is 10.9. The fourth-order valence-electron chi connectivity index (χ4n) is 3.25. The van der Waals surface area contributed by atoms with Crippen molar-refractivity contribution in [3.8, 4) is 0 Å². The molecular weight excluding hydrogens is 216 g/mol. The van der Waals surface area contributed by atoms with Crippen molar-refractivity contribution in [2.24, 2.45) is 5.41 Å². The van der Waals surface area contributed by atoms with E-state index in [4.69, 9.17) is 5.11 Å². The van der Waals surface area contributed by atoms with E-state index in [2.05, 4.69) is 24.5 Å². The Bertz CT molecular complexity index is 298. The molecule has 1 aliphatic carbocycles. The molecule has 2 rings (SSSR count). The Balaban J connectivity index is 1.92. The molecule has 0 radical (unpaired) electrons. The van der Waals surface area contributed by atoms with E-state index < -0.39 is 5.97 Å². The minimum absolute atomic E-state index is 0.191. The Hall–Kier alpha value is -0.610. The van der Waals surface area contributed by atoms with Gasteiger partial charge in [-0.25, -0.2) is 0 Å². The summed E-state index contributed by atoms with van der Waals surface area (Å²) in [6, 6.07) is 0.486. The lowest BCUT2D eigenvalue weighted by Gasteiger charge is -2.47. The summed E-state index contributed by atoms with van der Waals surface area (Å²) >= 11 is 0. The number of carbonyl (C=O) groups is 1. The molecule has 0 aromatic carbocycles. The zero-order valence-electron chi connectivity index (χ0n) is 10.9. The van der Waals surface area contributed by atoms with Crippen LogP contribution in [0.15, 0.2) is 0 Å². The molecule has 98 valence electrons. The predicted octanol–water partition coefficient (Wildman–Crippen LogP) is 1.36. The second-order valence-electron chi connectivity index (χ2n) is 6.56. The van der Waals surface area contributed by atoms with E-state index in [1.165, 1.54) is 19.3 Å². The Morgan fingerprint density at radius 3 is 2.65 bits per heavy atom. The van der Waals surface area contributed by atoms with Gasteiger partial charge in [-0.2, -0.15) is 0 Å². The molecule has 2 fully saturated rings. The van der Waals surface area contributed by atoms with E-state index in [0.29, 0.717) is 11.5 Å². The molecule has 1 aliphatic heterocycles. The molecule has 1 saturated heterocycles. The summed E-state index contributed by atoms with van der Waals surface area (Å²) in [6.07, 6.45) is 5.12. The van der Waals surface area contributed by atoms with Crippen molar-refractivity contribution >= 4 is 5.97 Å². The van der Waals surface area contributed by atoms with Gasteiger partial charge in [-0.15, -0.1) is 0 Å². The summed E-state index contributed by atoms with van der Waals surface area (Å²) in [5, 5.41) is 15.8. The van der Waals surface area contributed by atoms with E-state index >= 15 is 0 Å². The van der Waals surface area contributed by atoms with Gasteiger partial charge in [0.25, 0.3) is 0 Å². The lowest BCUT2D eigenvalue weighted by Crippen LogP contribution is -2.70. The van der Waals surface area contributed by atoms with Crippen molar-refractivity contribution in [1.29, 1.82) is 0 Å². The van der Waals surface area contributed by atoms with Crippen molar-refractivity contribution in [2.75, 3.05) is 13.1 Å². The Morgan fingerprint density at radius 2 is 2.18 bits per heavy atom. The van der Waals surface area contributed by atoms with Crippen LogP contribution in [0.2, 0.25) is 0 Å². The number of hydrogen-bond acceptors (Lipinski definition) is 3. The van der Waals surface area contributed by atoms with Crippen LogP contribution < -0.4 is 10.6 Å². The first-order chi connectivity index (χ1) is 7.91. The SMILES string of the molecule is CC1(C)CCCC(NC2(CC(=O)O)CNC2)C1. The van der Waals surface area contributed by atoms with E-state index in [1.54, 1.807) is 0 Å². The number of hydrogen-bond donors (Lipinski definition) is 3. The van der Waals surface area contributed by atoms with Crippen molar-refractivity contribution in [3.63, 3.8) is 0 Å². The molecule has 1 atom stereocenters. The van der Waals surface area contributed by atoms with E-state index in [-0.39, 0.29) is 12.0 Å². The maximum absolute atomic E-state index is 10.9. The molecule has 4 heteroatoms. The molecule has 3 N–H and O–H groups in total. The highest BCUT2D eigenvalue weighted by molar-refractivity contribution is 5.68. The van der Waals surface area contributed by atoms with Crippen LogP contribution in [-0.4, -0.2) is 35.7 Å². The van der Waals surface area contributed by atoms with Gasteiger partial charge in [0.1, 0.15) is 0 Å². The minimum Gasteiger partial charge on any atom is -0.481 e. The standard InChI is InChI=1S/C13H24N2O2/c1-12(2)5-3-4-10(6-12)15-13(7-11(16)17)8-14-9-13/h10,14-15H,3-9H2,1-2H3,(H,16,17). The Labute approximate surface area is 103 Å². The summed E-state index contributed by atoms with van der Waals surface area (Å²) < 4.78 is 0. The number of nitrogens with one attached hydrogen (secondary N) is 2. The van der Waals surface area contributed by atoms with Crippen LogP contribution in [0.1, 0.15) is 46.0 Å². The molecule has 0 aromatic rings. The van der Waals surface area contributed by atoms with Crippen molar-refractivity contribution in [2.45, 2.75) is 57.5 Å². The van der Waals surface area contributed by atoms with Crippen LogP contribution in [0.3, 0.4) is 0 Å². The van der Waals surface area contributed by atoms with Gasteiger partial charge in [-0.05, 0) is 24.7 Å². The fourth-order valence-corrected chi connectivity index (χ4v) is 3.25. The molecule has 0 amide bonds. The van der Waals surface area contributed by atoms with Crippen molar-refractivity contribution in [3.05, 3.63) is 0 Å². The summed E-state index contributed by atoms with van der Waals surface area (Å²) in [6.45, 7) is 6.19. The molecule has 1 heterocycles. The van der Waals surface area contributed by atoms with Gasteiger partial charge in [-0.3, -0.25) is 4.79 Å². The average molecular weight is 240 g/mol. The fraction of sp³-hybridized carbons (Fsp3) is 0.923. The van der Waals surface area contributed by atoms with E-state index in [1.807, 2.05) is 0 Å². The number of aliphatic carboxylic acids is 1. The third-order valence-electron chi connectivity index (χ3n) is 4.13. The monoisotopic (exact) mass is 240 g/mol. The number of carboxylic acids is 1. The van der Waals surface area contributed by atoms with Gasteiger partial charge in [-0.1, -0.05) is 20.3 Å². The molecule has 0 bridgehead atoms. The third-order valence-corrected chi connectivity index (χ3v) is 4.13. The van der Waals surface area contributed by atoms with Gasteiger partial charge in [0, 0.05) is 19.1 Å². The zero-order valence-corrected chi connectivity index (χ0v) is 10.9. The maximum Gasteiger partial charge on any atom is 0.305 e. The Kier molecular flexibility index (Phi) is 3.46. The second kappa shape index (κ2) is 4.58.